The number of benzene rings is 1. The van der Waals surface area contributed by atoms with E-state index in [1.807, 2.05) is 35.9 Å². The lowest BCUT2D eigenvalue weighted by Gasteiger charge is -2.01. The molecule has 1 aromatic carbocycles. The van der Waals surface area contributed by atoms with Crippen LogP contribution in [0.4, 0.5) is 0 Å². The first kappa shape index (κ1) is 14.3. The SMILES string of the molecule is Cn1ccc(C(=O)N/N=c2\sc3ccccc3n2C)cc1=O. The molecule has 0 atom stereocenters. The summed E-state index contributed by atoms with van der Waals surface area (Å²) >= 11 is 1.48. The summed E-state index contributed by atoms with van der Waals surface area (Å²) in [6.07, 6.45) is 1.55. The Balaban J connectivity index is 1.92. The number of aryl methyl sites for hydroxylation is 2. The van der Waals surface area contributed by atoms with Crippen molar-refractivity contribution in [1.82, 2.24) is 14.6 Å². The van der Waals surface area contributed by atoms with Crippen LogP contribution in [0.2, 0.25) is 0 Å². The van der Waals surface area contributed by atoms with Gasteiger partial charge in [-0.25, -0.2) is 5.43 Å². The van der Waals surface area contributed by atoms with Crippen molar-refractivity contribution in [3.8, 4) is 0 Å². The molecule has 2 aromatic heterocycles. The highest BCUT2D eigenvalue weighted by Gasteiger charge is 2.06. The van der Waals surface area contributed by atoms with Gasteiger partial charge in [-0.05, 0) is 18.2 Å². The number of para-hydroxylation sites is 1. The number of amides is 1. The van der Waals surface area contributed by atoms with Crippen LogP contribution in [0.15, 0.2) is 52.5 Å². The zero-order valence-electron chi connectivity index (χ0n) is 12.1. The van der Waals surface area contributed by atoms with Gasteiger partial charge in [-0.15, -0.1) is 5.10 Å². The van der Waals surface area contributed by atoms with E-state index < -0.39 is 5.91 Å². The van der Waals surface area contributed by atoms with Crippen LogP contribution in [-0.4, -0.2) is 15.0 Å². The number of fused-ring (bicyclic) bond motifs is 1. The number of hydrogen-bond donors (Lipinski definition) is 1. The van der Waals surface area contributed by atoms with Crippen LogP contribution in [0.25, 0.3) is 10.2 Å². The zero-order chi connectivity index (χ0) is 15.7. The molecule has 0 aliphatic heterocycles. The van der Waals surface area contributed by atoms with Gasteiger partial charge in [0.05, 0.1) is 10.2 Å². The third-order valence-electron chi connectivity index (χ3n) is 3.33. The van der Waals surface area contributed by atoms with Crippen LogP contribution in [0.5, 0.6) is 0 Å². The zero-order valence-corrected chi connectivity index (χ0v) is 12.9. The van der Waals surface area contributed by atoms with E-state index in [2.05, 4.69) is 10.5 Å². The Kier molecular flexibility index (Phi) is 3.64. The minimum atomic E-state index is -0.407. The van der Waals surface area contributed by atoms with E-state index in [0.29, 0.717) is 4.80 Å². The predicted octanol–water partition coefficient (Wildman–Crippen LogP) is 1.18. The maximum Gasteiger partial charge on any atom is 0.271 e. The Labute approximate surface area is 130 Å². The molecule has 3 rings (SSSR count). The highest BCUT2D eigenvalue weighted by molar-refractivity contribution is 7.16. The summed E-state index contributed by atoms with van der Waals surface area (Å²) in [6, 6.07) is 10.8. The summed E-state index contributed by atoms with van der Waals surface area (Å²) in [6.45, 7) is 0. The molecule has 0 aliphatic rings. The number of thiazole rings is 1. The van der Waals surface area contributed by atoms with Crippen molar-refractivity contribution in [2.75, 3.05) is 0 Å². The average Bonchev–Trinajstić information content (AvgIpc) is 2.84. The van der Waals surface area contributed by atoms with Gasteiger partial charge in [-0.3, -0.25) is 9.59 Å². The molecule has 0 radical (unpaired) electrons. The molecule has 2 heterocycles. The quantitative estimate of drug-likeness (QED) is 0.722. The van der Waals surface area contributed by atoms with E-state index in [0.717, 1.165) is 10.2 Å². The van der Waals surface area contributed by atoms with Crippen LogP contribution in [0.3, 0.4) is 0 Å². The second kappa shape index (κ2) is 5.61. The van der Waals surface area contributed by atoms with Crippen molar-refractivity contribution >= 4 is 27.5 Å². The number of aromatic nitrogens is 2. The lowest BCUT2D eigenvalue weighted by molar-refractivity contribution is 0.0952. The van der Waals surface area contributed by atoms with E-state index in [9.17, 15) is 9.59 Å². The van der Waals surface area contributed by atoms with Crippen molar-refractivity contribution in [2.24, 2.45) is 19.2 Å². The molecular formula is C15H14N4O2S. The molecule has 1 amide bonds. The van der Waals surface area contributed by atoms with Crippen molar-refractivity contribution in [3.63, 3.8) is 0 Å². The van der Waals surface area contributed by atoms with Crippen molar-refractivity contribution in [1.29, 1.82) is 0 Å². The summed E-state index contributed by atoms with van der Waals surface area (Å²) < 4.78 is 4.40. The number of nitrogens with one attached hydrogen (secondary N) is 1. The van der Waals surface area contributed by atoms with Crippen LogP contribution in [0, 0.1) is 0 Å². The Morgan fingerprint density at radius 1 is 1.23 bits per heavy atom. The van der Waals surface area contributed by atoms with Gasteiger partial charge >= 0.3 is 0 Å². The van der Waals surface area contributed by atoms with Gasteiger partial charge in [0.2, 0.25) is 4.80 Å². The maximum absolute atomic E-state index is 12.1. The molecule has 0 unspecified atom stereocenters. The Morgan fingerprint density at radius 3 is 2.73 bits per heavy atom. The fourth-order valence-electron chi connectivity index (χ4n) is 2.04. The molecule has 0 saturated carbocycles. The van der Waals surface area contributed by atoms with Gasteiger partial charge < -0.3 is 9.13 Å². The third kappa shape index (κ3) is 2.58. The minimum absolute atomic E-state index is 0.236. The molecule has 6 nitrogen and oxygen atoms in total. The fourth-order valence-corrected chi connectivity index (χ4v) is 3.02. The Bertz CT molecular complexity index is 981. The summed E-state index contributed by atoms with van der Waals surface area (Å²) in [7, 11) is 3.52. The number of hydrogen-bond acceptors (Lipinski definition) is 4. The highest BCUT2D eigenvalue weighted by atomic mass is 32.1. The molecule has 0 spiro atoms. The molecule has 22 heavy (non-hydrogen) atoms. The summed E-state index contributed by atoms with van der Waals surface area (Å²) in [5.74, 6) is -0.407. The van der Waals surface area contributed by atoms with Crippen LogP contribution in [0.1, 0.15) is 10.4 Å². The predicted molar refractivity (Wildman–Crippen MR) is 85.5 cm³/mol. The molecule has 112 valence electrons. The van der Waals surface area contributed by atoms with Crippen LogP contribution < -0.4 is 15.8 Å². The molecular weight excluding hydrogens is 300 g/mol. The first-order valence-corrected chi connectivity index (χ1v) is 7.43. The average molecular weight is 314 g/mol. The van der Waals surface area contributed by atoms with E-state index in [-0.39, 0.29) is 11.1 Å². The topological polar surface area (TPSA) is 68.4 Å². The van der Waals surface area contributed by atoms with Crippen molar-refractivity contribution in [3.05, 3.63) is 63.3 Å². The first-order chi connectivity index (χ1) is 10.6. The Hall–Kier alpha value is -2.67. The molecule has 7 heteroatoms. The molecule has 0 saturated heterocycles. The number of nitrogens with zero attached hydrogens (tertiary/aromatic N) is 3. The van der Waals surface area contributed by atoms with E-state index >= 15 is 0 Å². The van der Waals surface area contributed by atoms with E-state index in [1.54, 1.807) is 19.3 Å². The lowest BCUT2D eigenvalue weighted by Crippen LogP contribution is -2.25. The van der Waals surface area contributed by atoms with E-state index in [4.69, 9.17) is 0 Å². The lowest BCUT2D eigenvalue weighted by atomic mass is 10.2. The molecule has 0 fully saturated rings. The molecule has 0 bridgehead atoms. The number of carbonyl (C=O) groups excluding carboxylic acids is 1. The van der Waals surface area contributed by atoms with Gasteiger partial charge in [0, 0.05) is 31.9 Å². The minimum Gasteiger partial charge on any atom is -0.319 e. The monoisotopic (exact) mass is 314 g/mol. The molecule has 1 N–H and O–H groups in total. The van der Waals surface area contributed by atoms with Gasteiger partial charge in [-0.1, -0.05) is 23.5 Å². The van der Waals surface area contributed by atoms with Gasteiger partial charge in [0.25, 0.3) is 11.5 Å². The maximum atomic E-state index is 12.1. The van der Waals surface area contributed by atoms with Gasteiger partial charge in [-0.2, -0.15) is 0 Å². The number of rotatable bonds is 2. The first-order valence-electron chi connectivity index (χ1n) is 6.61. The fraction of sp³-hybridized carbons (Fsp3) is 0.133. The Morgan fingerprint density at radius 2 is 2.00 bits per heavy atom. The molecule has 3 aromatic rings. The normalized spacial score (nSPS) is 11.8. The van der Waals surface area contributed by atoms with E-state index in [1.165, 1.54) is 22.0 Å². The largest absolute Gasteiger partial charge is 0.319 e. The summed E-state index contributed by atoms with van der Waals surface area (Å²) in [4.78, 5) is 24.3. The molecule has 0 aliphatic carbocycles. The standard InChI is InChI=1S/C15H14N4O2S/c1-18-8-7-10(9-13(18)20)14(21)16-17-15-19(2)11-5-3-4-6-12(11)22-15/h3-9H,1-2H3,(H,16,21)/b17-15-. The van der Waals surface area contributed by atoms with Crippen molar-refractivity contribution in [2.45, 2.75) is 0 Å². The summed E-state index contributed by atoms with van der Waals surface area (Å²) in [5, 5.41) is 4.14. The van der Waals surface area contributed by atoms with Crippen LogP contribution >= 0.6 is 11.3 Å². The smallest absolute Gasteiger partial charge is 0.271 e. The van der Waals surface area contributed by atoms with Crippen LogP contribution in [-0.2, 0) is 14.1 Å². The second-order valence-corrected chi connectivity index (χ2v) is 5.84. The third-order valence-corrected chi connectivity index (χ3v) is 4.45. The highest BCUT2D eigenvalue weighted by Crippen LogP contribution is 2.14. The van der Waals surface area contributed by atoms with Gasteiger partial charge in [0.1, 0.15) is 0 Å². The second-order valence-electron chi connectivity index (χ2n) is 4.83. The summed E-state index contributed by atoms with van der Waals surface area (Å²) in [5.41, 5.74) is 3.59. The van der Waals surface area contributed by atoms with Gasteiger partial charge in [0.15, 0.2) is 0 Å². The number of carbonyl (C=O) groups is 1. The van der Waals surface area contributed by atoms with Crippen molar-refractivity contribution < 1.29 is 4.79 Å². The number of pyridine rings is 1.